The molecule has 0 radical (unpaired) electrons. The molecule has 1 atom stereocenters. The van der Waals surface area contributed by atoms with Crippen LogP contribution >= 0.6 is 0 Å². The summed E-state index contributed by atoms with van der Waals surface area (Å²) in [6.45, 7) is 3.99. The number of halogens is 1. The molecule has 1 fully saturated rings. The Bertz CT molecular complexity index is 956. The van der Waals surface area contributed by atoms with Gasteiger partial charge in [0, 0.05) is 25.2 Å². The van der Waals surface area contributed by atoms with Gasteiger partial charge < -0.3 is 4.90 Å². The van der Waals surface area contributed by atoms with Gasteiger partial charge >= 0.3 is 0 Å². The second kappa shape index (κ2) is 7.95. The molecule has 3 aromatic rings. The van der Waals surface area contributed by atoms with E-state index in [0.717, 1.165) is 28.9 Å². The maximum absolute atomic E-state index is 13.2. The number of para-hydroxylation sites is 1. The highest BCUT2D eigenvalue weighted by Crippen LogP contribution is 2.32. The molecule has 4 heteroatoms. The minimum atomic E-state index is -0.241. The van der Waals surface area contributed by atoms with Crippen LogP contribution in [-0.4, -0.2) is 29.9 Å². The molecule has 1 aliphatic rings. The van der Waals surface area contributed by atoms with Crippen LogP contribution in [0.2, 0.25) is 0 Å². The van der Waals surface area contributed by atoms with E-state index in [1.165, 1.54) is 12.1 Å². The summed E-state index contributed by atoms with van der Waals surface area (Å²) in [5.41, 5.74) is 4.13. The van der Waals surface area contributed by atoms with Crippen LogP contribution in [0, 0.1) is 5.82 Å². The second-order valence-corrected chi connectivity index (χ2v) is 7.15. The average molecular weight is 374 g/mol. The highest BCUT2D eigenvalue weighted by atomic mass is 19.1. The van der Waals surface area contributed by atoms with E-state index in [9.17, 15) is 9.18 Å². The molecule has 28 heavy (non-hydrogen) atoms. The molecule has 1 heterocycles. The smallest absolute Gasteiger partial charge is 0.244 e. The molecular weight excluding hydrogens is 351 g/mol. The number of amides is 1. The Kier molecular flexibility index (Phi) is 5.22. The standard InChI is InChI=1S/C24H23FN2O/c1-18-24(28)27(16-15-26(18)17-19-11-13-21(25)14-12-19)23-10-6-5-9-22(23)20-7-3-2-4-8-20/h2-14,18H,15-17H2,1H3. The first-order valence-corrected chi connectivity index (χ1v) is 9.58. The van der Waals surface area contributed by atoms with Crippen LogP contribution in [0.5, 0.6) is 0 Å². The number of benzene rings is 3. The Morgan fingerprint density at radius 1 is 0.893 bits per heavy atom. The fourth-order valence-corrected chi connectivity index (χ4v) is 3.76. The van der Waals surface area contributed by atoms with Gasteiger partial charge in [-0.2, -0.15) is 0 Å². The van der Waals surface area contributed by atoms with Gasteiger partial charge in [-0.1, -0.05) is 60.7 Å². The summed E-state index contributed by atoms with van der Waals surface area (Å²) in [4.78, 5) is 17.2. The number of hydrogen-bond donors (Lipinski definition) is 0. The second-order valence-electron chi connectivity index (χ2n) is 7.15. The SMILES string of the molecule is CC1C(=O)N(c2ccccc2-c2ccccc2)CCN1Cc1ccc(F)cc1. The first-order valence-electron chi connectivity index (χ1n) is 9.58. The molecular formula is C24H23FN2O. The van der Waals surface area contributed by atoms with Crippen LogP contribution < -0.4 is 4.90 Å². The maximum Gasteiger partial charge on any atom is 0.244 e. The van der Waals surface area contributed by atoms with Gasteiger partial charge in [-0.25, -0.2) is 4.39 Å². The number of carbonyl (C=O) groups is 1. The molecule has 0 spiro atoms. The van der Waals surface area contributed by atoms with Crippen LogP contribution in [0.4, 0.5) is 10.1 Å². The van der Waals surface area contributed by atoms with Crippen molar-refractivity contribution in [3.8, 4) is 11.1 Å². The zero-order chi connectivity index (χ0) is 19.5. The van der Waals surface area contributed by atoms with E-state index in [4.69, 9.17) is 0 Å². The van der Waals surface area contributed by atoms with Gasteiger partial charge in [-0.05, 0) is 36.2 Å². The molecule has 1 amide bonds. The van der Waals surface area contributed by atoms with Gasteiger partial charge in [0.2, 0.25) is 5.91 Å². The van der Waals surface area contributed by atoms with E-state index in [-0.39, 0.29) is 17.8 Å². The van der Waals surface area contributed by atoms with Gasteiger partial charge in [0.1, 0.15) is 5.82 Å². The zero-order valence-electron chi connectivity index (χ0n) is 15.9. The Hall–Kier alpha value is -2.98. The van der Waals surface area contributed by atoms with Gasteiger partial charge in [0.25, 0.3) is 0 Å². The summed E-state index contributed by atoms with van der Waals surface area (Å²) in [7, 11) is 0. The quantitative estimate of drug-likeness (QED) is 0.659. The van der Waals surface area contributed by atoms with E-state index < -0.39 is 0 Å². The Morgan fingerprint density at radius 3 is 2.32 bits per heavy atom. The van der Waals surface area contributed by atoms with Crippen LogP contribution in [-0.2, 0) is 11.3 Å². The van der Waals surface area contributed by atoms with Crippen molar-refractivity contribution in [2.45, 2.75) is 19.5 Å². The molecule has 0 saturated carbocycles. The molecule has 0 aliphatic carbocycles. The van der Waals surface area contributed by atoms with Crippen molar-refractivity contribution in [3.05, 3.63) is 90.2 Å². The number of nitrogens with zero attached hydrogens (tertiary/aromatic N) is 2. The van der Waals surface area contributed by atoms with Crippen LogP contribution in [0.1, 0.15) is 12.5 Å². The van der Waals surface area contributed by atoms with E-state index in [2.05, 4.69) is 23.1 Å². The highest BCUT2D eigenvalue weighted by molar-refractivity contribution is 6.01. The number of rotatable bonds is 4. The lowest BCUT2D eigenvalue weighted by Gasteiger charge is -2.39. The van der Waals surface area contributed by atoms with Crippen LogP contribution in [0.15, 0.2) is 78.9 Å². The summed E-state index contributed by atoms with van der Waals surface area (Å²) in [5, 5.41) is 0. The largest absolute Gasteiger partial charge is 0.309 e. The minimum Gasteiger partial charge on any atom is -0.309 e. The topological polar surface area (TPSA) is 23.6 Å². The van der Waals surface area contributed by atoms with E-state index in [0.29, 0.717) is 13.1 Å². The number of carbonyl (C=O) groups excluding carboxylic acids is 1. The third-order valence-electron chi connectivity index (χ3n) is 5.36. The van der Waals surface area contributed by atoms with Crippen molar-refractivity contribution >= 4 is 11.6 Å². The van der Waals surface area contributed by atoms with Crippen molar-refractivity contribution in [1.29, 1.82) is 0 Å². The molecule has 0 aromatic heterocycles. The lowest BCUT2D eigenvalue weighted by Crippen LogP contribution is -2.55. The summed E-state index contributed by atoms with van der Waals surface area (Å²) in [6.07, 6.45) is 0. The Balaban J connectivity index is 1.56. The normalized spacial score (nSPS) is 17.7. The molecule has 0 bridgehead atoms. The van der Waals surface area contributed by atoms with Crippen molar-refractivity contribution in [1.82, 2.24) is 4.90 Å². The molecule has 4 rings (SSSR count). The minimum absolute atomic E-state index is 0.0942. The molecule has 1 unspecified atom stereocenters. The van der Waals surface area contributed by atoms with E-state index in [1.807, 2.05) is 48.2 Å². The van der Waals surface area contributed by atoms with Gasteiger partial charge in [-0.3, -0.25) is 9.69 Å². The molecule has 1 aliphatic heterocycles. The predicted octanol–water partition coefficient (Wildman–Crippen LogP) is 4.73. The lowest BCUT2D eigenvalue weighted by molar-refractivity contribution is -0.125. The van der Waals surface area contributed by atoms with Crippen molar-refractivity contribution in [3.63, 3.8) is 0 Å². The Morgan fingerprint density at radius 2 is 1.57 bits per heavy atom. The average Bonchev–Trinajstić information content (AvgIpc) is 2.74. The zero-order valence-corrected chi connectivity index (χ0v) is 15.9. The number of anilines is 1. The van der Waals surface area contributed by atoms with E-state index in [1.54, 1.807) is 12.1 Å². The molecule has 0 N–H and O–H groups in total. The molecule has 1 saturated heterocycles. The summed E-state index contributed by atoms with van der Waals surface area (Å²) < 4.78 is 13.1. The third-order valence-corrected chi connectivity index (χ3v) is 5.36. The Labute approximate surface area is 165 Å². The highest BCUT2D eigenvalue weighted by Gasteiger charge is 2.33. The summed E-state index contributed by atoms with van der Waals surface area (Å²) >= 11 is 0. The van der Waals surface area contributed by atoms with Crippen molar-refractivity contribution < 1.29 is 9.18 Å². The monoisotopic (exact) mass is 374 g/mol. The number of hydrogen-bond acceptors (Lipinski definition) is 2. The summed E-state index contributed by atoms with van der Waals surface area (Å²) in [5.74, 6) is -0.146. The van der Waals surface area contributed by atoms with Crippen LogP contribution in [0.3, 0.4) is 0 Å². The number of piperazine rings is 1. The predicted molar refractivity (Wildman–Crippen MR) is 111 cm³/mol. The maximum atomic E-state index is 13.2. The van der Waals surface area contributed by atoms with Crippen LogP contribution in [0.25, 0.3) is 11.1 Å². The first kappa shape index (κ1) is 18.4. The molecule has 3 aromatic carbocycles. The van der Waals surface area contributed by atoms with Crippen molar-refractivity contribution in [2.24, 2.45) is 0 Å². The fraction of sp³-hybridized carbons (Fsp3) is 0.208. The first-order chi connectivity index (χ1) is 13.6. The van der Waals surface area contributed by atoms with Crippen molar-refractivity contribution in [2.75, 3.05) is 18.0 Å². The molecule has 142 valence electrons. The fourth-order valence-electron chi connectivity index (χ4n) is 3.76. The van der Waals surface area contributed by atoms with Gasteiger partial charge in [0.05, 0.1) is 11.7 Å². The lowest BCUT2D eigenvalue weighted by atomic mass is 10.0. The molecule has 3 nitrogen and oxygen atoms in total. The third kappa shape index (κ3) is 3.69. The summed E-state index contributed by atoms with van der Waals surface area (Å²) in [6, 6.07) is 24.5. The van der Waals surface area contributed by atoms with Gasteiger partial charge in [0.15, 0.2) is 0 Å². The van der Waals surface area contributed by atoms with E-state index >= 15 is 0 Å². The van der Waals surface area contributed by atoms with Gasteiger partial charge in [-0.15, -0.1) is 0 Å².